The Bertz CT molecular complexity index is 331. The molecule has 1 aromatic rings. The van der Waals surface area contributed by atoms with Crippen molar-refractivity contribution in [2.45, 2.75) is 25.4 Å². The fourth-order valence-corrected chi connectivity index (χ4v) is 2.24. The summed E-state index contributed by atoms with van der Waals surface area (Å²) in [6, 6.07) is 4.22. The molecule has 1 aliphatic heterocycles. The zero-order valence-corrected chi connectivity index (χ0v) is 10.4. The molecule has 4 nitrogen and oxygen atoms in total. The van der Waals surface area contributed by atoms with E-state index in [9.17, 15) is 0 Å². The molecule has 0 spiro atoms. The van der Waals surface area contributed by atoms with Crippen molar-refractivity contribution in [3.8, 4) is 0 Å². The highest BCUT2D eigenvalue weighted by molar-refractivity contribution is 5.39. The molecule has 1 fully saturated rings. The minimum Gasteiger partial charge on any atom is -0.381 e. The van der Waals surface area contributed by atoms with Crippen molar-refractivity contribution in [2.75, 3.05) is 31.6 Å². The zero-order valence-electron chi connectivity index (χ0n) is 10.4. The number of piperidine rings is 1. The van der Waals surface area contributed by atoms with Gasteiger partial charge in [0.05, 0.1) is 6.10 Å². The van der Waals surface area contributed by atoms with E-state index < -0.39 is 0 Å². The summed E-state index contributed by atoms with van der Waals surface area (Å²) in [4.78, 5) is 6.82. The van der Waals surface area contributed by atoms with Crippen molar-refractivity contribution in [1.82, 2.24) is 4.98 Å². The lowest BCUT2D eigenvalue weighted by molar-refractivity contribution is 0.0818. The Kier molecular flexibility index (Phi) is 4.34. The first kappa shape index (κ1) is 12.3. The molecule has 4 heteroatoms. The SMILES string of the molecule is COC1CCN(c2ccc(CCN)cn2)CC1. The van der Waals surface area contributed by atoms with Crippen LogP contribution >= 0.6 is 0 Å². The summed E-state index contributed by atoms with van der Waals surface area (Å²) in [5, 5.41) is 0. The third-order valence-electron chi connectivity index (χ3n) is 3.34. The maximum Gasteiger partial charge on any atom is 0.128 e. The van der Waals surface area contributed by atoms with Crippen LogP contribution in [0.25, 0.3) is 0 Å². The van der Waals surface area contributed by atoms with Gasteiger partial charge in [0.15, 0.2) is 0 Å². The minimum absolute atomic E-state index is 0.419. The molecule has 0 unspecified atom stereocenters. The van der Waals surface area contributed by atoms with Crippen molar-refractivity contribution < 1.29 is 4.74 Å². The van der Waals surface area contributed by atoms with Gasteiger partial charge < -0.3 is 15.4 Å². The summed E-state index contributed by atoms with van der Waals surface area (Å²) in [6.45, 7) is 2.74. The fraction of sp³-hybridized carbons (Fsp3) is 0.615. The van der Waals surface area contributed by atoms with E-state index >= 15 is 0 Å². The average molecular weight is 235 g/mol. The zero-order chi connectivity index (χ0) is 12.1. The summed E-state index contributed by atoms with van der Waals surface area (Å²) in [6.07, 6.45) is 5.43. The van der Waals surface area contributed by atoms with E-state index in [1.54, 1.807) is 7.11 Å². The van der Waals surface area contributed by atoms with Crippen LogP contribution in [-0.4, -0.2) is 37.8 Å². The Balaban J connectivity index is 1.94. The van der Waals surface area contributed by atoms with Crippen molar-refractivity contribution in [3.05, 3.63) is 23.9 Å². The molecule has 94 valence electrons. The number of ether oxygens (including phenoxy) is 1. The monoisotopic (exact) mass is 235 g/mol. The molecule has 1 aliphatic rings. The second-order valence-corrected chi connectivity index (χ2v) is 4.49. The van der Waals surface area contributed by atoms with Crippen LogP contribution in [0.1, 0.15) is 18.4 Å². The predicted molar refractivity (Wildman–Crippen MR) is 69.2 cm³/mol. The van der Waals surface area contributed by atoms with E-state index in [0.717, 1.165) is 38.2 Å². The molecule has 17 heavy (non-hydrogen) atoms. The summed E-state index contributed by atoms with van der Waals surface area (Å²) in [5.41, 5.74) is 6.73. The van der Waals surface area contributed by atoms with Crippen LogP contribution in [0.5, 0.6) is 0 Å². The molecule has 0 bridgehead atoms. The first-order chi connectivity index (χ1) is 8.33. The van der Waals surface area contributed by atoms with Crippen LogP contribution in [-0.2, 0) is 11.2 Å². The van der Waals surface area contributed by atoms with Gasteiger partial charge in [-0.2, -0.15) is 0 Å². The van der Waals surface area contributed by atoms with E-state index in [-0.39, 0.29) is 0 Å². The van der Waals surface area contributed by atoms with E-state index in [2.05, 4.69) is 22.0 Å². The molecule has 0 aromatic carbocycles. The quantitative estimate of drug-likeness (QED) is 0.852. The molecule has 2 N–H and O–H groups in total. The number of rotatable bonds is 4. The molecule has 0 saturated carbocycles. The Morgan fingerprint density at radius 1 is 1.41 bits per heavy atom. The number of hydrogen-bond donors (Lipinski definition) is 1. The van der Waals surface area contributed by atoms with Gasteiger partial charge in [0.25, 0.3) is 0 Å². The number of methoxy groups -OCH3 is 1. The number of nitrogens with two attached hydrogens (primary N) is 1. The van der Waals surface area contributed by atoms with Gasteiger partial charge in [-0.05, 0) is 37.4 Å². The number of aromatic nitrogens is 1. The number of anilines is 1. The molecular formula is C13H21N3O. The highest BCUT2D eigenvalue weighted by atomic mass is 16.5. The van der Waals surface area contributed by atoms with Crippen LogP contribution in [0.3, 0.4) is 0 Å². The van der Waals surface area contributed by atoms with Gasteiger partial charge in [-0.1, -0.05) is 6.07 Å². The third kappa shape index (κ3) is 3.17. The first-order valence-corrected chi connectivity index (χ1v) is 6.26. The standard InChI is InChI=1S/C13H21N3O/c1-17-12-5-8-16(9-6-12)13-3-2-11(4-7-14)10-15-13/h2-3,10,12H,4-9,14H2,1H3. The summed E-state index contributed by atoms with van der Waals surface area (Å²) in [7, 11) is 1.79. The van der Waals surface area contributed by atoms with Gasteiger partial charge in [-0.15, -0.1) is 0 Å². The molecule has 0 amide bonds. The van der Waals surface area contributed by atoms with Gasteiger partial charge >= 0.3 is 0 Å². The van der Waals surface area contributed by atoms with Gasteiger partial charge in [-0.25, -0.2) is 4.98 Å². The molecule has 2 heterocycles. The summed E-state index contributed by atoms with van der Waals surface area (Å²) >= 11 is 0. The first-order valence-electron chi connectivity index (χ1n) is 6.26. The lowest BCUT2D eigenvalue weighted by Crippen LogP contribution is -2.37. The van der Waals surface area contributed by atoms with Crippen LogP contribution < -0.4 is 10.6 Å². The van der Waals surface area contributed by atoms with E-state index in [1.165, 1.54) is 5.56 Å². The molecule has 0 radical (unpaired) electrons. The Hall–Kier alpha value is -1.13. The Labute approximate surface area is 103 Å². The van der Waals surface area contributed by atoms with Crippen molar-refractivity contribution >= 4 is 5.82 Å². The Morgan fingerprint density at radius 3 is 2.71 bits per heavy atom. The number of pyridine rings is 1. The number of nitrogens with zero attached hydrogens (tertiary/aromatic N) is 2. The topological polar surface area (TPSA) is 51.4 Å². The van der Waals surface area contributed by atoms with E-state index in [4.69, 9.17) is 10.5 Å². The highest BCUT2D eigenvalue weighted by Crippen LogP contribution is 2.19. The fourth-order valence-electron chi connectivity index (χ4n) is 2.24. The lowest BCUT2D eigenvalue weighted by Gasteiger charge is -2.32. The summed E-state index contributed by atoms with van der Waals surface area (Å²) in [5.74, 6) is 1.07. The maximum absolute atomic E-state index is 5.52. The van der Waals surface area contributed by atoms with Crippen LogP contribution in [0.2, 0.25) is 0 Å². The van der Waals surface area contributed by atoms with E-state index in [0.29, 0.717) is 12.6 Å². The van der Waals surface area contributed by atoms with Crippen molar-refractivity contribution in [1.29, 1.82) is 0 Å². The normalized spacial score (nSPS) is 17.4. The molecule has 0 aliphatic carbocycles. The summed E-state index contributed by atoms with van der Waals surface area (Å²) < 4.78 is 5.37. The second kappa shape index (κ2) is 5.98. The average Bonchev–Trinajstić information content (AvgIpc) is 2.40. The van der Waals surface area contributed by atoms with Gasteiger partial charge in [0, 0.05) is 26.4 Å². The minimum atomic E-state index is 0.419. The smallest absolute Gasteiger partial charge is 0.128 e. The van der Waals surface area contributed by atoms with Gasteiger partial charge in [-0.3, -0.25) is 0 Å². The molecular weight excluding hydrogens is 214 g/mol. The van der Waals surface area contributed by atoms with Crippen LogP contribution in [0.15, 0.2) is 18.3 Å². The van der Waals surface area contributed by atoms with Crippen molar-refractivity contribution in [3.63, 3.8) is 0 Å². The predicted octanol–water partition coefficient (Wildman–Crippen LogP) is 1.20. The molecule has 1 saturated heterocycles. The lowest BCUT2D eigenvalue weighted by atomic mass is 10.1. The van der Waals surface area contributed by atoms with Crippen molar-refractivity contribution in [2.24, 2.45) is 5.73 Å². The molecule has 2 rings (SSSR count). The molecule has 1 aromatic heterocycles. The number of hydrogen-bond acceptors (Lipinski definition) is 4. The third-order valence-corrected chi connectivity index (χ3v) is 3.34. The second-order valence-electron chi connectivity index (χ2n) is 4.49. The maximum atomic E-state index is 5.52. The van der Waals surface area contributed by atoms with E-state index in [1.807, 2.05) is 6.20 Å². The van der Waals surface area contributed by atoms with Gasteiger partial charge in [0.2, 0.25) is 0 Å². The highest BCUT2D eigenvalue weighted by Gasteiger charge is 2.19. The molecule has 0 atom stereocenters. The largest absolute Gasteiger partial charge is 0.381 e. The Morgan fingerprint density at radius 2 is 2.18 bits per heavy atom. The van der Waals surface area contributed by atoms with Crippen LogP contribution in [0, 0.1) is 0 Å². The van der Waals surface area contributed by atoms with Crippen LogP contribution in [0.4, 0.5) is 5.82 Å². The van der Waals surface area contributed by atoms with Gasteiger partial charge in [0.1, 0.15) is 5.82 Å².